The number of likely N-dealkylation sites (tertiary alicyclic amines) is 1. The first-order chi connectivity index (χ1) is 5.87. The molecule has 6 heavy (non-hydrogen) atoms. The molecule has 0 bridgehead atoms. The molecule has 2 nitrogen and oxygen atoms in total. The molecule has 0 radical (unpaired) electrons. The predicted molar refractivity (Wildman–Crippen MR) is 23.5 cm³/mol. The highest BCUT2D eigenvalue weighted by Crippen LogP contribution is 2.00. The summed E-state index contributed by atoms with van der Waals surface area (Å²) in [5.41, 5.74) is 0. The number of β-amino-alcohol motifs (C(OH)–C–C–N with tert-alkyl or cyclic N) is 1. The van der Waals surface area contributed by atoms with Crippen molar-refractivity contribution < 1.29 is 16.1 Å². The average molecular weight is 95.2 g/mol. The predicted octanol–water partition coefficient (Wildman–Crippen LogP) is -0.707. The lowest BCUT2D eigenvalue weighted by molar-refractivity contribution is 0.0196. The number of aliphatic hydroxyl groups is 1. The Morgan fingerprint density at radius 1 is 2.33 bits per heavy atom. The van der Waals surface area contributed by atoms with Crippen LogP contribution in [0.25, 0.3) is 0 Å². The van der Waals surface area contributed by atoms with Crippen molar-refractivity contribution in [1.29, 1.82) is 0 Å². The Hall–Kier alpha value is -0.0800. The fourth-order valence-corrected chi connectivity index (χ4v) is 0.212. The fourth-order valence-electron chi connectivity index (χ4n) is 0.212. The molecule has 1 rings (SSSR count). The molecule has 1 aliphatic heterocycles. The van der Waals surface area contributed by atoms with Crippen LogP contribution in [0.15, 0.2) is 0 Å². The fraction of sp³-hybridized carbons (Fsp3) is 1.00. The zero-order chi connectivity index (χ0) is 11.6. The molecule has 1 fully saturated rings. The maximum atomic E-state index is 9.13. The lowest BCUT2D eigenvalue weighted by Gasteiger charge is -2.31. The minimum atomic E-state index is -3.08. The molecule has 0 unspecified atom stereocenters. The Morgan fingerprint density at radius 2 is 3.00 bits per heavy atom. The summed E-state index contributed by atoms with van der Waals surface area (Å²) in [6.07, 6.45) is -3.08. The second-order valence-electron chi connectivity index (χ2n) is 0.908. The maximum absolute atomic E-state index is 9.13. The van der Waals surface area contributed by atoms with Crippen LogP contribution in [0.2, 0.25) is 0 Å². The summed E-state index contributed by atoms with van der Waals surface area (Å²) in [4.78, 5) is -0.125. The third kappa shape index (κ3) is 0.533. The Labute approximate surface area is 48.6 Å². The number of nitrogens with zero attached hydrogens (tertiary/aromatic N) is 1. The first kappa shape index (κ1) is 0.740. The monoisotopic (exact) mass is 95.1 g/mol. The summed E-state index contributed by atoms with van der Waals surface area (Å²) in [6.45, 7) is -8.89. The molecule has 0 aromatic carbocycles. The van der Waals surface area contributed by atoms with Crippen molar-refractivity contribution >= 4 is 0 Å². The molecule has 0 aromatic heterocycles. The van der Waals surface area contributed by atoms with Crippen LogP contribution in [0.3, 0.4) is 0 Å². The second-order valence-corrected chi connectivity index (χ2v) is 0.908. The van der Waals surface area contributed by atoms with E-state index in [0.29, 0.717) is 0 Å². The lowest BCUT2D eigenvalue weighted by atomic mass is 10.2. The molecular weight excluding hydrogens is 78.0 g/mol. The molecule has 1 N–H and O–H groups in total. The molecular formula is C4H9NO. The molecule has 36 valence electrons. The van der Waals surface area contributed by atoms with Crippen molar-refractivity contribution in [3.05, 3.63) is 0 Å². The van der Waals surface area contributed by atoms with Crippen molar-refractivity contribution in [3.8, 4) is 0 Å². The summed E-state index contributed by atoms with van der Waals surface area (Å²) < 4.78 is 56.0. The van der Waals surface area contributed by atoms with Gasteiger partial charge in [-0.1, -0.05) is 0 Å². The van der Waals surface area contributed by atoms with E-state index in [-0.39, 0.29) is 4.90 Å². The highest BCUT2D eigenvalue weighted by Gasteiger charge is 2.18. The van der Waals surface area contributed by atoms with Crippen LogP contribution in [0, 0.1) is 0 Å². The summed E-state index contributed by atoms with van der Waals surface area (Å²) in [5.74, 6) is 0. The van der Waals surface area contributed by atoms with Gasteiger partial charge in [-0.05, 0) is 6.98 Å². The van der Waals surface area contributed by atoms with Gasteiger partial charge in [0, 0.05) is 22.6 Å². The standard InChI is InChI=1S/C4H9NO/c1-5-2-4(6)3-5/h4,6H,2-3H2,1H3/i1D3,2D2,3D2,4D. The van der Waals surface area contributed by atoms with E-state index < -0.39 is 26.0 Å². The lowest BCUT2D eigenvalue weighted by Crippen LogP contribution is -2.47. The zero-order valence-electron chi connectivity index (χ0n) is 10.9. The average Bonchev–Trinajstić information content (AvgIpc) is 1.79. The molecule has 0 aromatic rings. The summed E-state index contributed by atoms with van der Waals surface area (Å²) in [5, 5.41) is 9.13. The van der Waals surface area contributed by atoms with Gasteiger partial charge in [-0.25, -0.2) is 0 Å². The van der Waals surface area contributed by atoms with E-state index in [0.717, 1.165) is 0 Å². The number of rotatable bonds is 0. The van der Waals surface area contributed by atoms with E-state index in [1.807, 2.05) is 0 Å². The molecule has 0 spiro atoms. The van der Waals surface area contributed by atoms with Crippen LogP contribution < -0.4 is 0 Å². The topological polar surface area (TPSA) is 23.5 Å². The first-order valence-corrected chi connectivity index (χ1v) is 1.39. The van der Waals surface area contributed by atoms with Crippen LogP contribution in [0.4, 0.5) is 0 Å². The molecule has 0 aliphatic carbocycles. The molecule has 2 heteroatoms. The number of hydrogen-bond acceptors (Lipinski definition) is 2. The van der Waals surface area contributed by atoms with Gasteiger partial charge >= 0.3 is 0 Å². The Morgan fingerprint density at radius 3 is 3.33 bits per heavy atom. The van der Waals surface area contributed by atoms with Crippen molar-refractivity contribution in [2.75, 3.05) is 20.0 Å². The minimum Gasteiger partial charge on any atom is -0.390 e. The smallest absolute Gasteiger partial charge is 0.0793 e. The third-order valence-electron chi connectivity index (χ3n) is 0.435. The van der Waals surface area contributed by atoms with E-state index in [4.69, 9.17) is 16.1 Å². The van der Waals surface area contributed by atoms with Crippen molar-refractivity contribution in [3.63, 3.8) is 0 Å². The van der Waals surface area contributed by atoms with Crippen LogP contribution in [-0.4, -0.2) is 36.1 Å². The Bertz CT molecular complexity index is 239. The molecule has 0 amide bonds. The summed E-state index contributed by atoms with van der Waals surface area (Å²) in [7, 11) is 0. The van der Waals surface area contributed by atoms with Crippen LogP contribution in [0.5, 0.6) is 0 Å². The van der Waals surface area contributed by atoms with E-state index in [9.17, 15) is 0 Å². The maximum Gasteiger partial charge on any atom is 0.0793 e. The van der Waals surface area contributed by atoms with E-state index in [2.05, 4.69) is 0 Å². The van der Waals surface area contributed by atoms with Crippen LogP contribution in [0.1, 0.15) is 11.0 Å². The largest absolute Gasteiger partial charge is 0.390 e. The number of hydrogen-bond donors (Lipinski definition) is 1. The normalized spacial score (nSPS) is 70.8. The SMILES string of the molecule is [2H]C([2H])([2H])N1C([2H])([2H])C([2H])(O)C1([2H])[2H]. The van der Waals surface area contributed by atoms with Gasteiger partial charge in [-0.15, -0.1) is 0 Å². The Balaban J connectivity index is 3.13. The van der Waals surface area contributed by atoms with Crippen molar-refractivity contribution in [2.45, 2.75) is 6.08 Å². The van der Waals surface area contributed by atoms with Crippen LogP contribution in [-0.2, 0) is 0 Å². The molecule has 1 heterocycles. The highest BCUT2D eigenvalue weighted by molar-refractivity contribution is 4.74. The molecule has 1 aliphatic rings. The summed E-state index contributed by atoms with van der Waals surface area (Å²) >= 11 is 0. The summed E-state index contributed by atoms with van der Waals surface area (Å²) in [6, 6.07) is 0. The van der Waals surface area contributed by atoms with E-state index in [1.54, 1.807) is 0 Å². The highest BCUT2D eigenvalue weighted by atomic mass is 16.3. The van der Waals surface area contributed by atoms with E-state index in [1.165, 1.54) is 0 Å². The molecule has 0 saturated carbocycles. The quantitative estimate of drug-likeness (QED) is 0.430. The van der Waals surface area contributed by atoms with Gasteiger partial charge in [0.2, 0.25) is 0 Å². The second kappa shape index (κ2) is 1.21. The van der Waals surface area contributed by atoms with Gasteiger partial charge in [-0.2, -0.15) is 0 Å². The molecule has 1 saturated heterocycles. The minimum absolute atomic E-state index is 0.125. The van der Waals surface area contributed by atoms with Crippen LogP contribution >= 0.6 is 0 Å². The van der Waals surface area contributed by atoms with Gasteiger partial charge in [0.15, 0.2) is 0 Å². The van der Waals surface area contributed by atoms with Crippen molar-refractivity contribution in [2.24, 2.45) is 0 Å². The molecule has 0 atom stereocenters. The van der Waals surface area contributed by atoms with Gasteiger partial charge in [0.1, 0.15) is 0 Å². The van der Waals surface area contributed by atoms with Gasteiger partial charge in [0.05, 0.1) is 7.45 Å². The van der Waals surface area contributed by atoms with E-state index >= 15 is 0 Å². The van der Waals surface area contributed by atoms with Crippen molar-refractivity contribution in [1.82, 2.24) is 4.90 Å². The first-order valence-electron chi connectivity index (χ1n) is 5.39. The van der Waals surface area contributed by atoms with Gasteiger partial charge < -0.3 is 10.0 Å². The number of likely N-dealkylation sites (N-methyl/N-ethyl adjacent to an activating group) is 1. The third-order valence-corrected chi connectivity index (χ3v) is 0.435. The zero-order valence-corrected chi connectivity index (χ0v) is 2.89. The Kier molecular flexibility index (Phi) is 0.149. The van der Waals surface area contributed by atoms with Gasteiger partial charge in [0.25, 0.3) is 0 Å². The van der Waals surface area contributed by atoms with Gasteiger partial charge in [-0.3, -0.25) is 0 Å².